The highest BCUT2D eigenvalue weighted by Crippen LogP contribution is 2.31. The molecule has 0 radical (unpaired) electrons. The molecule has 17 heavy (non-hydrogen) atoms. The fourth-order valence-electron chi connectivity index (χ4n) is 1.49. The van der Waals surface area contributed by atoms with E-state index < -0.39 is 0 Å². The third-order valence-electron chi connectivity index (χ3n) is 2.31. The van der Waals surface area contributed by atoms with Crippen LogP contribution in [0.3, 0.4) is 0 Å². The topological polar surface area (TPSA) is 44.2 Å². The van der Waals surface area contributed by atoms with Crippen molar-refractivity contribution in [3.05, 3.63) is 35.2 Å². The maximum absolute atomic E-state index is 5.25. The largest absolute Gasteiger partial charge is 0.493 e. The number of rotatable bonds is 3. The van der Waals surface area contributed by atoms with Gasteiger partial charge in [0.15, 0.2) is 11.5 Å². The van der Waals surface area contributed by atoms with E-state index in [-0.39, 0.29) is 0 Å². The second kappa shape index (κ2) is 5.14. The molecule has 0 aliphatic rings. The third kappa shape index (κ3) is 2.55. The summed E-state index contributed by atoms with van der Waals surface area (Å²) in [5.74, 6) is 1.38. The van der Waals surface area contributed by atoms with E-state index in [4.69, 9.17) is 9.47 Å². The molecule has 4 nitrogen and oxygen atoms in total. The summed E-state index contributed by atoms with van der Waals surface area (Å²) in [5.41, 5.74) is 1.78. The summed E-state index contributed by atoms with van der Waals surface area (Å²) in [6.45, 7) is 0. The van der Waals surface area contributed by atoms with Crippen LogP contribution in [0, 0.1) is 0 Å². The second-order valence-electron chi connectivity index (χ2n) is 3.30. The summed E-state index contributed by atoms with van der Waals surface area (Å²) in [6, 6.07) is 7.51. The number of hydrogen-bond donors (Lipinski definition) is 0. The monoisotopic (exact) mass is 294 g/mol. The fourth-order valence-corrected chi connectivity index (χ4v) is 1.80. The first-order valence-electron chi connectivity index (χ1n) is 4.94. The van der Waals surface area contributed by atoms with Crippen LogP contribution >= 0.6 is 15.9 Å². The lowest BCUT2D eigenvalue weighted by atomic mass is 10.1. The molecule has 0 amide bonds. The van der Waals surface area contributed by atoms with E-state index in [2.05, 4.69) is 25.9 Å². The molecule has 1 aromatic heterocycles. The minimum absolute atomic E-state index is 0.680. The van der Waals surface area contributed by atoms with Gasteiger partial charge in [0.2, 0.25) is 0 Å². The Balaban J connectivity index is 2.46. The molecule has 0 bridgehead atoms. The molecule has 1 heterocycles. The summed E-state index contributed by atoms with van der Waals surface area (Å²) in [7, 11) is 3.22. The normalized spacial score (nSPS) is 10.1. The van der Waals surface area contributed by atoms with Crippen molar-refractivity contribution in [2.75, 3.05) is 14.2 Å². The summed E-state index contributed by atoms with van der Waals surface area (Å²) >= 11 is 3.32. The number of ether oxygens (including phenoxy) is 2. The van der Waals surface area contributed by atoms with E-state index in [1.54, 1.807) is 14.2 Å². The minimum atomic E-state index is 0.680. The van der Waals surface area contributed by atoms with Crippen molar-refractivity contribution in [1.29, 1.82) is 0 Å². The standard InChI is InChI=1S/C12H11BrN2O2/c1-16-10-4-3-8(5-11(10)17-2)9-6-12(13)15-7-14-9/h3-7H,1-2H3. The number of methoxy groups -OCH3 is 2. The van der Waals surface area contributed by atoms with E-state index in [0.717, 1.165) is 15.9 Å². The maximum Gasteiger partial charge on any atom is 0.161 e. The van der Waals surface area contributed by atoms with Gasteiger partial charge in [0, 0.05) is 5.56 Å². The van der Waals surface area contributed by atoms with Crippen LogP contribution in [0.2, 0.25) is 0 Å². The average molecular weight is 295 g/mol. The van der Waals surface area contributed by atoms with Crippen molar-refractivity contribution in [3.63, 3.8) is 0 Å². The van der Waals surface area contributed by atoms with Crippen LogP contribution in [0.1, 0.15) is 0 Å². The summed E-state index contributed by atoms with van der Waals surface area (Å²) in [5, 5.41) is 0. The molecule has 0 atom stereocenters. The van der Waals surface area contributed by atoms with E-state index >= 15 is 0 Å². The molecule has 0 saturated heterocycles. The smallest absolute Gasteiger partial charge is 0.161 e. The van der Waals surface area contributed by atoms with Crippen molar-refractivity contribution in [2.24, 2.45) is 0 Å². The quantitative estimate of drug-likeness (QED) is 0.817. The first kappa shape index (κ1) is 11.9. The van der Waals surface area contributed by atoms with E-state index in [1.807, 2.05) is 24.3 Å². The molecule has 88 valence electrons. The van der Waals surface area contributed by atoms with Gasteiger partial charge in [0.1, 0.15) is 10.9 Å². The average Bonchev–Trinajstić information content (AvgIpc) is 2.38. The van der Waals surface area contributed by atoms with Crippen LogP contribution < -0.4 is 9.47 Å². The summed E-state index contributed by atoms with van der Waals surface area (Å²) in [6.07, 6.45) is 1.51. The molecule has 1 aromatic carbocycles. The van der Waals surface area contributed by atoms with Gasteiger partial charge in [-0.1, -0.05) is 0 Å². The van der Waals surface area contributed by atoms with Crippen LogP contribution in [0.5, 0.6) is 11.5 Å². The number of hydrogen-bond acceptors (Lipinski definition) is 4. The molecule has 5 heteroatoms. The van der Waals surface area contributed by atoms with Gasteiger partial charge in [0.05, 0.1) is 19.9 Å². The lowest BCUT2D eigenvalue weighted by Gasteiger charge is -2.09. The number of aromatic nitrogens is 2. The molecule has 2 rings (SSSR count). The zero-order valence-electron chi connectivity index (χ0n) is 9.48. The Morgan fingerprint density at radius 2 is 1.76 bits per heavy atom. The zero-order valence-corrected chi connectivity index (χ0v) is 11.1. The molecule has 0 N–H and O–H groups in total. The van der Waals surface area contributed by atoms with Crippen LogP contribution in [0.15, 0.2) is 35.2 Å². The van der Waals surface area contributed by atoms with E-state index in [1.165, 1.54) is 6.33 Å². The van der Waals surface area contributed by atoms with Gasteiger partial charge in [-0.25, -0.2) is 9.97 Å². The Morgan fingerprint density at radius 3 is 2.41 bits per heavy atom. The van der Waals surface area contributed by atoms with E-state index in [0.29, 0.717) is 11.5 Å². The molecule has 2 aromatic rings. The Labute approximate surface area is 108 Å². The SMILES string of the molecule is COc1ccc(-c2cc(Br)ncn2)cc1OC. The van der Waals surface area contributed by atoms with Crippen molar-refractivity contribution in [2.45, 2.75) is 0 Å². The first-order valence-corrected chi connectivity index (χ1v) is 5.74. The van der Waals surface area contributed by atoms with Gasteiger partial charge in [-0.05, 0) is 40.2 Å². The number of halogens is 1. The van der Waals surface area contributed by atoms with Crippen molar-refractivity contribution >= 4 is 15.9 Å². The van der Waals surface area contributed by atoms with E-state index in [9.17, 15) is 0 Å². The Kier molecular flexibility index (Phi) is 3.58. The molecule has 0 aliphatic carbocycles. The first-order chi connectivity index (χ1) is 8.24. The van der Waals surface area contributed by atoms with Gasteiger partial charge < -0.3 is 9.47 Å². The highest BCUT2D eigenvalue weighted by atomic mass is 79.9. The van der Waals surface area contributed by atoms with Gasteiger partial charge in [0.25, 0.3) is 0 Å². The van der Waals surface area contributed by atoms with Crippen molar-refractivity contribution in [3.8, 4) is 22.8 Å². The summed E-state index contributed by atoms with van der Waals surface area (Å²) < 4.78 is 11.2. The minimum Gasteiger partial charge on any atom is -0.493 e. The highest BCUT2D eigenvalue weighted by Gasteiger charge is 2.07. The van der Waals surface area contributed by atoms with Crippen LogP contribution in [-0.2, 0) is 0 Å². The Hall–Kier alpha value is -1.62. The van der Waals surface area contributed by atoms with Gasteiger partial charge in [-0.3, -0.25) is 0 Å². The predicted octanol–water partition coefficient (Wildman–Crippen LogP) is 2.92. The Bertz CT molecular complexity index is 532. The third-order valence-corrected chi connectivity index (χ3v) is 2.75. The molecule has 0 aliphatic heterocycles. The van der Waals surface area contributed by atoms with Crippen LogP contribution in [0.4, 0.5) is 0 Å². The predicted molar refractivity (Wildman–Crippen MR) is 68.3 cm³/mol. The Morgan fingerprint density at radius 1 is 1.00 bits per heavy atom. The number of nitrogens with zero attached hydrogens (tertiary/aromatic N) is 2. The van der Waals surface area contributed by atoms with Gasteiger partial charge >= 0.3 is 0 Å². The van der Waals surface area contributed by atoms with Crippen molar-refractivity contribution in [1.82, 2.24) is 9.97 Å². The van der Waals surface area contributed by atoms with Gasteiger partial charge in [-0.2, -0.15) is 0 Å². The van der Waals surface area contributed by atoms with Crippen LogP contribution in [-0.4, -0.2) is 24.2 Å². The van der Waals surface area contributed by atoms with Gasteiger partial charge in [-0.15, -0.1) is 0 Å². The second-order valence-corrected chi connectivity index (χ2v) is 4.11. The molecule has 0 spiro atoms. The summed E-state index contributed by atoms with van der Waals surface area (Å²) in [4.78, 5) is 8.19. The maximum atomic E-state index is 5.25. The number of benzene rings is 1. The fraction of sp³-hybridized carbons (Fsp3) is 0.167. The van der Waals surface area contributed by atoms with Crippen molar-refractivity contribution < 1.29 is 9.47 Å². The molecule has 0 unspecified atom stereocenters. The zero-order chi connectivity index (χ0) is 12.3. The van der Waals surface area contributed by atoms with Crippen LogP contribution in [0.25, 0.3) is 11.3 Å². The lowest BCUT2D eigenvalue weighted by Crippen LogP contribution is -1.92. The molecule has 0 saturated carbocycles. The lowest BCUT2D eigenvalue weighted by molar-refractivity contribution is 0.355. The molecule has 0 fully saturated rings. The highest BCUT2D eigenvalue weighted by molar-refractivity contribution is 9.10. The molecular formula is C12H11BrN2O2. The molecular weight excluding hydrogens is 284 g/mol.